The number of nitrogens with zero attached hydrogens (tertiary/aromatic N) is 2. The van der Waals surface area contributed by atoms with Crippen LogP contribution in [0.4, 0.5) is 5.82 Å². The highest BCUT2D eigenvalue weighted by molar-refractivity contribution is 6.30. The van der Waals surface area contributed by atoms with Crippen LogP contribution in [0.1, 0.15) is 48.0 Å². The van der Waals surface area contributed by atoms with E-state index in [4.69, 9.17) is 16.3 Å². The molecule has 144 valence electrons. The molecule has 0 saturated heterocycles. The van der Waals surface area contributed by atoms with Crippen molar-refractivity contribution in [2.24, 2.45) is 0 Å². The second-order valence-electron chi connectivity index (χ2n) is 7.94. The highest BCUT2D eigenvalue weighted by Gasteiger charge is 2.25. The van der Waals surface area contributed by atoms with Crippen LogP contribution in [0, 0.1) is 0 Å². The summed E-state index contributed by atoms with van der Waals surface area (Å²) in [5.74, 6) is 0.443. The molecule has 0 spiro atoms. The van der Waals surface area contributed by atoms with Gasteiger partial charge in [0.1, 0.15) is 5.82 Å². The summed E-state index contributed by atoms with van der Waals surface area (Å²) in [6.07, 6.45) is 0. The zero-order valence-electron chi connectivity index (χ0n) is 16.1. The maximum atomic E-state index is 12.9. The van der Waals surface area contributed by atoms with E-state index in [9.17, 15) is 4.79 Å². The number of rotatable bonds is 3. The maximum absolute atomic E-state index is 12.9. The zero-order valence-corrected chi connectivity index (χ0v) is 16.9. The summed E-state index contributed by atoms with van der Waals surface area (Å²) < 4.78 is 7.22. The van der Waals surface area contributed by atoms with Crippen molar-refractivity contribution in [2.75, 3.05) is 5.32 Å². The van der Waals surface area contributed by atoms with Crippen LogP contribution in [0.25, 0.3) is 5.69 Å². The van der Waals surface area contributed by atoms with E-state index in [1.54, 1.807) is 10.7 Å². The van der Waals surface area contributed by atoms with Gasteiger partial charge in [-0.3, -0.25) is 4.79 Å². The Morgan fingerprint density at radius 2 is 1.89 bits per heavy atom. The summed E-state index contributed by atoms with van der Waals surface area (Å²) in [5, 5.41) is 8.25. The number of carbonyl (C=O) groups is 1. The van der Waals surface area contributed by atoms with E-state index >= 15 is 0 Å². The molecule has 0 saturated carbocycles. The molecule has 0 radical (unpaired) electrons. The molecule has 6 heteroatoms. The van der Waals surface area contributed by atoms with E-state index < -0.39 is 0 Å². The summed E-state index contributed by atoms with van der Waals surface area (Å²) in [7, 11) is 0. The number of hydrogen-bond donors (Lipinski definition) is 1. The lowest BCUT2D eigenvalue weighted by Gasteiger charge is -2.19. The van der Waals surface area contributed by atoms with Gasteiger partial charge in [-0.1, -0.05) is 50.6 Å². The van der Waals surface area contributed by atoms with Crippen LogP contribution in [-0.4, -0.2) is 15.7 Å². The van der Waals surface area contributed by atoms with Gasteiger partial charge >= 0.3 is 0 Å². The normalized spacial score (nSPS) is 13.4. The van der Waals surface area contributed by atoms with Crippen LogP contribution < -0.4 is 5.32 Å². The van der Waals surface area contributed by atoms with Crippen LogP contribution in [0.3, 0.4) is 0 Å². The summed E-state index contributed by atoms with van der Waals surface area (Å²) in [6, 6.07) is 15.1. The van der Waals surface area contributed by atoms with Gasteiger partial charge in [0.2, 0.25) is 0 Å². The van der Waals surface area contributed by atoms with Gasteiger partial charge in [0, 0.05) is 16.1 Å². The first-order valence-electron chi connectivity index (χ1n) is 9.19. The molecule has 2 aromatic carbocycles. The maximum Gasteiger partial charge on any atom is 0.256 e. The molecule has 1 amide bonds. The number of carbonyl (C=O) groups excluding carboxylic acids is 1. The van der Waals surface area contributed by atoms with Crippen LogP contribution in [0.15, 0.2) is 48.5 Å². The van der Waals surface area contributed by atoms with Crippen molar-refractivity contribution in [3.63, 3.8) is 0 Å². The van der Waals surface area contributed by atoms with Crippen LogP contribution in [-0.2, 0) is 23.4 Å². The van der Waals surface area contributed by atoms with Gasteiger partial charge in [-0.25, -0.2) is 4.68 Å². The average Bonchev–Trinajstić information content (AvgIpc) is 3.24. The van der Waals surface area contributed by atoms with Gasteiger partial charge in [0.05, 0.1) is 24.6 Å². The highest BCUT2D eigenvalue weighted by Crippen LogP contribution is 2.31. The van der Waals surface area contributed by atoms with Crippen molar-refractivity contribution >= 4 is 23.3 Å². The molecule has 4 rings (SSSR count). The van der Waals surface area contributed by atoms with Crippen molar-refractivity contribution in [1.29, 1.82) is 0 Å². The number of nitrogens with one attached hydrogen (secondary N) is 1. The molecule has 2 heterocycles. The number of anilines is 1. The summed E-state index contributed by atoms with van der Waals surface area (Å²) >= 11 is 6.14. The lowest BCUT2D eigenvalue weighted by Crippen LogP contribution is -2.17. The molecule has 1 aliphatic rings. The molecule has 3 aromatic rings. The van der Waals surface area contributed by atoms with E-state index in [-0.39, 0.29) is 11.3 Å². The van der Waals surface area contributed by atoms with E-state index in [1.165, 1.54) is 5.56 Å². The van der Waals surface area contributed by atoms with Crippen molar-refractivity contribution in [1.82, 2.24) is 9.78 Å². The Labute approximate surface area is 169 Å². The number of aromatic nitrogens is 2. The van der Waals surface area contributed by atoms with Crippen molar-refractivity contribution < 1.29 is 9.53 Å². The fraction of sp³-hybridized carbons (Fsp3) is 0.273. The van der Waals surface area contributed by atoms with Gasteiger partial charge in [-0.15, -0.1) is 0 Å². The minimum absolute atomic E-state index is 0.0400. The Balaban J connectivity index is 1.67. The molecule has 1 N–H and O–H groups in total. The van der Waals surface area contributed by atoms with Gasteiger partial charge in [-0.05, 0) is 41.3 Å². The Bertz CT molecular complexity index is 1030. The predicted molar refractivity (Wildman–Crippen MR) is 110 cm³/mol. The molecule has 0 fully saturated rings. The Morgan fingerprint density at radius 3 is 2.57 bits per heavy atom. The Hall–Kier alpha value is -2.63. The third-order valence-electron chi connectivity index (χ3n) is 4.85. The smallest absolute Gasteiger partial charge is 0.256 e. The number of halogens is 1. The monoisotopic (exact) mass is 395 g/mol. The quantitative estimate of drug-likeness (QED) is 0.670. The molecule has 0 aliphatic carbocycles. The molecule has 0 unspecified atom stereocenters. The lowest BCUT2D eigenvalue weighted by atomic mass is 9.87. The lowest BCUT2D eigenvalue weighted by molar-refractivity contribution is 0.102. The molecule has 0 bridgehead atoms. The molecule has 0 atom stereocenters. The Kier molecular flexibility index (Phi) is 4.73. The third kappa shape index (κ3) is 3.55. The number of ether oxygens (including phenoxy) is 1. The van der Waals surface area contributed by atoms with E-state index in [0.717, 1.165) is 16.9 Å². The molecule has 28 heavy (non-hydrogen) atoms. The van der Waals surface area contributed by atoms with Crippen molar-refractivity contribution in [2.45, 2.75) is 39.4 Å². The summed E-state index contributed by atoms with van der Waals surface area (Å²) in [6.45, 7) is 7.30. The molecular formula is C22H22ClN3O2. The minimum Gasteiger partial charge on any atom is -0.370 e. The molecule has 1 aromatic heterocycles. The van der Waals surface area contributed by atoms with E-state index in [2.05, 4.69) is 31.2 Å². The number of hydrogen-bond acceptors (Lipinski definition) is 3. The number of amides is 1. The van der Waals surface area contributed by atoms with Crippen LogP contribution in [0.5, 0.6) is 0 Å². The van der Waals surface area contributed by atoms with Gasteiger partial charge in [-0.2, -0.15) is 5.10 Å². The summed E-state index contributed by atoms with van der Waals surface area (Å²) in [4.78, 5) is 12.9. The average molecular weight is 396 g/mol. The third-order valence-corrected chi connectivity index (χ3v) is 5.08. The summed E-state index contributed by atoms with van der Waals surface area (Å²) in [5.41, 5.74) is 4.35. The molecule has 1 aliphatic heterocycles. The molecule has 5 nitrogen and oxygen atoms in total. The minimum atomic E-state index is -0.182. The van der Waals surface area contributed by atoms with Crippen LogP contribution >= 0.6 is 11.6 Å². The predicted octanol–water partition coefficient (Wildman–Crippen LogP) is 5.11. The van der Waals surface area contributed by atoms with Crippen molar-refractivity contribution in [3.8, 4) is 5.69 Å². The SMILES string of the molecule is CC(C)(C)c1ccc(C(=O)Nc2c3c(nn2-c2cccc(Cl)c2)COC3)cc1. The van der Waals surface area contributed by atoms with Gasteiger partial charge in [0.25, 0.3) is 5.91 Å². The highest BCUT2D eigenvalue weighted by atomic mass is 35.5. The largest absolute Gasteiger partial charge is 0.370 e. The standard InChI is InChI=1S/C22H22ClN3O2/c1-22(2,3)15-9-7-14(8-10-15)21(27)24-20-18-12-28-13-19(18)25-26(20)17-6-4-5-16(23)11-17/h4-11H,12-13H2,1-3H3,(H,24,27). The second kappa shape index (κ2) is 7.08. The topological polar surface area (TPSA) is 56.2 Å². The van der Waals surface area contributed by atoms with Crippen molar-refractivity contribution in [3.05, 3.63) is 75.9 Å². The van der Waals surface area contributed by atoms with Crippen LogP contribution in [0.2, 0.25) is 5.02 Å². The molecular weight excluding hydrogens is 374 g/mol. The van der Waals surface area contributed by atoms with Gasteiger partial charge < -0.3 is 10.1 Å². The van der Waals surface area contributed by atoms with Gasteiger partial charge in [0.15, 0.2) is 0 Å². The first-order chi connectivity index (χ1) is 13.3. The first-order valence-corrected chi connectivity index (χ1v) is 9.57. The van der Waals surface area contributed by atoms with E-state index in [1.807, 2.05) is 42.5 Å². The number of fused-ring (bicyclic) bond motifs is 1. The first kappa shape index (κ1) is 18.7. The Morgan fingerprint density at radius 1 is 1.14 bits per heavy atom. The number of benzene rings is 2. The zero-order chi connectivity index (χ0) is 19.9. The van der Waals surface area contributed by atoms with E-state index in [0.29, 0.717) is 29.6 Å². The fourth-order valence-corrected chi connectivity index (χ4v) is 3.42. The fourth-order valence-electron chi connectivity index (χ4n) is 3.24. The second-order valence-corrected chi connectivity index (χ2v) is 8.38.